The van der Waals surface area contributed by atoms with E-state index in [1.54, 1.807) is 0 Å². The van der Waals surface area contributed by atoms with Crippen LogP contribution < -0.4 is 0 Å². The van der Waals surface area contributed by atoms with Crippen LogP contribution in [0.4, 0.5) is 3.98 Å². The van der Waals surface area contributed by atoms with Crippen LogP contribution >= 0.6 is 46.8 Å². The zero-order chi connectivity index (χ0) is 5.58. The van der Waals surface area contributed by atoms with Crippen molar-refractivity contribution in [2.75, 3.05) is 0 Å². The average Bonchev–Trinajstić information content (AvgIpc) is 1.41. The number of alkyl halides is 3. The Bertz CT molecular complexity index is 12.3. The van der Waals surface area contributed by atoms with E-state index in [1.165, 1.54) is 0 Å². The van der Waals surface area contributed by atoms with Gasteiger partial charge in [-0.1, -0.05) is 34.8 Å². The van der Waals surface area contributed by atoms with Crippen molar-refractivity contribution in [3.63, 3.8) is 0 Å². The summed E-state index contributed by atoms with van der Waals surface area (Å²) >= 11 is 17.6. The highest BCUT2D eigenvalue weighted by molar-refractivity contribution is 6.63. The van der Waals surface area contributed by atoms with Crippen molar-refractivity contribution in [2.24, 2.45) is 0 Å². The van der Waals surface area contributed by atoms with Crippen LogP contribution in [0, 0.1) is 0 Å². The minimum absolute atomic E-state index is 0.750. The van der Waals surface area contributed by atoms with Crippen LogP contribution in [-0.2, 0) is 0 Å². The first-order valence-electron chi connectivity index (χ1n) is 0.798. The van der Waals surface area contributed by atoms with Crippen molar-refractivity contribution in [2.45, 2.75) is 4.30 Å². The number of rotatable bonds is 0. The fourth-order valence-electron chi connectivity index (χ4n) is 0. The Morgan fingerprint density at radius 2 is 1.00 bits per heavy atom. The van der Waals surface area contributed by atoms with E-state index in [9.17, 15) is 0 Å². The topological polar surface area (TPSA) is 0 Å². The highest BCUT2D eigenvalue weighted by atomic mass is 35.6. The number of hydrogen-bond acceptors (Lipinski definition) is 0. The summed E-state index contributed by atoms with van der Waals surface area (Å²) in [5.74, 6) is 0. The van der Waals surface area contributed by atoms with Gasteiger partial charge < -0.3 is 0 Å². The van der Waals surface area contributed by atoms with E-state index in [2.05, 4.69) is 12.0 Å². The number of halogens is 5. The molecule has 0 N–H and O–H groups in total. The standard InChI is InChI=1S/CHCl3.ClF/c2-1(3)4;1-2/h1H;. The van der Waals surface area contributed by atoms with Crippen LogP contribution in [-0.4, -0.2) is 4.30 Å². The lowest BCUT2D eigenvalue weighted by molar-refractivity contribution is 0.906. The molecule has 0 saturated carbocycles. The zero-order valence-corrected chi connectivity index (χ0v) is 5.49. The van der Waals surface area contributed by atoms with Crippen molar-refractivity contribution in [3.05, 3.63) is 0 Å². The summed E-state index contributed by atoms with van der Waals surface area (Å²) in [4.78, 5) is 0. The van der Waals surface area contributed by atoms with Gasteiger partial charge in [0.05, 0.1) is 0 Å². The van der Waals surface area contributed by atoms with E-state index >= 15 is 0 Å². The van der Waals surface area contributed by atoms with E-state index in [0.717, 1.165) is 0 Å². The molecule has 5 heteroatoms. The van der Waals surface area contributed by atoms with Gasteiger partial charge in [-0.15, -0.1) is 3.98 Å². The van der Waals surface area contributed by atoms with E-state index < -0.39 is 4.30 Å². The maximum Gasteiger partial charge on any atom is 0.180 e. The van der Waals surface area contributed by atoms with E-state index in [-0.39, 0.29) is 0 Å². The molecule has 0 saturated heterocycles. The Morgan fingerprint density at radius 1 is 1.00 bits per heavy atom. The summed E-state index contributed by atoms with van der Waals surface area (Å²) in [7, 11) is 0. The first kappa shape index (κ1) is 10.1. The lowest BCUT2D eigenvalue weighted by atomic mass is 11.9. The third-order valence-electron chi connectivity index (χ3n) is 0. The van der Waals surface area contributed by atoms with Gasteiger partial charge >= 0.3 is 0 Å². The van der Waals surface area contributed by atoms with Gasteiger partial charge in [-0.3, -0.25) is 0 Å². The van der Waals surface area contributed by atoms with Crippen LogP contribution in [0.3, 0.4) is 0 Å². The third kappa shape index (κ3) is 71.7. The normalized spacial score (nSPS) is 7.00. The molecule has 0 spiro atoms. The molecule has 0 atom stereocenters. The summed E-state index contributed by atoms with van der Waals surface area (Å²) < 4.78 is 8.22. The Hall–Kier alpha value is 1.09. The minimum Gasteiger partial charge on any atom is -0.116 e. The van der Waals surface area contributed by atoms with Gasteiger partial charge in [-0.2, -0.15) is 0 Å². The maximum absolute atomic E-state index is 8.97. The van der Waals surface area contributed by atoms with Crippen LogP contribution in [0.15, 0.2) is 0 Å². The molecule has 0 bridgehead atoms. The lowest BCUT2D eigenvalue weighted by Gasteiger charge is -1.69. The molecule has 40 valence electrons. The molecule has 0 aliphatic carbocycles. The van der Waals surface area contributed by atoms with E-state index in [0.29, 0.717) is 0 Å². The molecule has 0 aromatic heterocycles. The summed E-state index contributed by atoms with van der Waals surface area (Å²) in [5, 5.41) is 0. The highest BCUT2D eigenvalue weighted by Gasteiger charge is 1.78. The quantitative estimate of drug-likeness (QED) is 0.494. The van der Waals surface area contributed by atoms with Crippen molar-refractivity contribution in [1.29, 1.82) is 0 Å². The highest BCUT2D eigenvalue weighted by Crippen LogP contribution is 2.03. The third-order valence-corrected chi connectivity index (χ3v) is 0. The summed E-state index contributed by atoms with van der Waals surface area (Å²) in [5.41, 5.74) is 0. The molecule has 0 rings (SSSR count). The largest absolute Gasteiger partial charge is 0.180 e. The lowest BCUT2D eigenvalue weighted by Crippen LogP contribution is -1.55. The fourth-order valence-corrected chi connectivity index (χ4v) is 0. The SMILES string of the molecule is ClC(Cl)Cl.FCl. The van der Waals surface area contributed by atoms with Crippen LogP contribution in [0.2, 0.25) is 0 Å². The Balaban J connectivity index is 0. The second kappa shape index (κ2) is 9.43. The molecule has 0 aromatic carbocycles. The van der Waals surface area contributed by atoms with Gasteiger partial charge in [-0.05, 0) is 0 Å². The van der Waals surface area contributed by atoms with Gasteiger partial charge in [-0.25, -0.2) is 0 Å². The average molecular weight is 174 g/mol. The summed E-state index contributed by atoms with van der Waals surface area (Å²) in [6.07, 6.45) is 0. The summed E-state index contributed by atoms with van der Waals surface area (Å²) in [6.45, 7) is 0. The van der Waals surface area contributed by atoms with Gasteiger partial charge in [0.15, 0.2) is 4.30 Å². The zero-order valence-electron chi connectivity index (χ0n) is 2.47. The molecule has 0 fully saturated rings. The van der Waals surface area contributed by atoms with Crippen molar-refractivity contribution < 1.29 is 3.98 Å². The molecular weight excluding hydrogens is 173 g/mol. The van der Waals surface area contributed by atoms with E-state index in [4.69, 9.17) is 38.8 Å². The van der Waals surface area contributed by atoms with Crippen LogP contribution in [0.5, 0.6) is 0 Å². The molecule has 0 aliphatic heterocycles. The predicted molar refractivity (Wildman–Crippen MR) is 28.3 cm³/mol. The van der Waals surface area contributed by atoms with Crippen molar-refractivity contribution >= 4 is 46.8 Å². The smallest absolute Gasteiger partial charge is 0.116 e. The predicted octanol–water partition coefficient (Wildman–Crippen LogP) is 3.10. The van der Waals surface area contributed by atoms with Gasteiger partial charge in [0.25, 0.3) is 0 Å². The Kier molecular flexibility index (Phi) is 16.0. The molecule has 0 aliphatic rings. The minimum atomic E-state index is -0.750. The van der Waals surface area contributed by atoms with Gasteiger partial charge in [0, 0.05) is 0 Å². The molecule has 0 radical (unpaired) electrons. The molecule has 6 heavy (non-hydrogen) atoms. The van der Waals surface area contributed by atoms with E-state index in [1.807, 2.05) is 0 Å². The van der Waals surface area contributed by atoms with Gasteiger partial charge in [0.2, 0.25) is 0 Å². The monoisotopic (exact) mass is 172 g/mol. The van der Waals surface area contributed by atoms with Crippen molar-refractivity contribution in [3.8, 4) is 0 Å². The Labute approximate surface area is 55.4 Å². The molecule has 0 aromatic rings. The maximum atomic E-state index is 8.97. The first-order valence-corrected chi connectivity index (χ1v) is 2.39. The molecular formula is CHCl4F. The second-order valence-corrected chi connectivity index (χ2v) is 2.23. The molecule has 0 amide bonds. The van der Waals surface area contributed by atoms with Crippen LogP contribution in [0.1, 0.15) is 0 Å². The molecule has 0 nitrogen and oxygen atoms in total. The fraction of sp³-hybridized carbons (Fsp3) is 1.00. The summed E-state index contributed by atoms with van der Waals surface area (Å²) in [6, 6.07) is 0. The van der Waals surface area contributed by atoms with Crippen molar-refractivity contribution in [1.82, 2.24) is 0 Å². The van der Waals surface area contributed by atoms with Gasteiger partial charge in [0.1, 0.15) is 12.0 Å². The Morgan fingerprint density at radius 3 is 1.00 bits per heavy atom. The number of hydrogen-bond donors (Lipinski definition) is 0. The van der Waals surface area contributed by atoms with Crippen LogP contribution in [0.25, 0.3) is 0 Å². The molecule has 0 unspecified atom stereocenters. The molecule has 0 heterocycles. The first-order chi connectivity index (χ1) is 2.73. The second-order valence-electron chi connectivity index (χ2n) is 0.247.